The van der Waals surface area contributed by atoms with Crippen LogP contribution >= 0.6 is 23.1 Å². The molecule has 1 amide bonds. The molecule has 0 bridgehead atoms. The van der Waals surface area contributed by atoms with Crippen molar-refractivity contribution in [2.75, 3.05) is 18.4 Å². The highest BCUT2D eigenvalue weighted by Gasteiger charge is 2.19. The summed E-state index contributed by atoms with van der Waals surface area (Å²) in [5.41, 5.74) is 3.46. The van der Waals surface area contributed by atoms with Crippen molar-refractivity contribution >= 4 is 34.1 Å². The van der Waals surface area contributed by atoms with Crippen molar-refractivity contribution in [3.8, 4) is 0 Å². The van der Waals surface area contributed by atoms with Crippen LogP contribution in [0.4, 0.5) is 5.13 Å². The Kier molecular flexibility index (Phi) is 7.04. The molecule has 1 saturated heterocycles. The lowest BCUT2D eigenvalue weighted by Crippen LogP contribution is -2.33. The molecule has 0 aliphatic carbocycles. The fraction of sp³-hybridized carbons (Fsp3) is 0.455. The average Bonchev–Trinajstić information content (AvgIpc) is 3.32. The van der Waals surface area contributed by atoms with Crippen LogP contribution < -0.4 is 5.32 Å². The van der Waals surface area contributed by atoms with Crippen molar-refractivity contribution in [1.29, 1.82) is 0 Å². The molecule has 1 atom stereocenters. The van der Waals surface area contributed by atoms with Crippen LogP contribution in [0, 0.1) is 19.8 Å². The highest BCUT2D eigenvalue weighted by Crippen LogP contribution is 2.28. The SMILES string of the molecule is Cc1noc(C)c1CSc1ncccc1C(=O)Nc1nc(CN2CCCC(C)C2)cs1. The van der Waals surface area contributed by atoms with E-state index >= 15 is 0 Å². The minimum Gasteiger partial charge on any atom is -0.361 e. The zero-order valence-corrected chi connectivity index (χ0v) is 19.7. The first-order valence-electron chi connectivity index (χ1n) is 10.5. The second-order valence-corrected chi connectivity index (χ2v) is 9.85. The number of hydrogen-bond acceptors (Lipinski definition) is 8. The summed E-state index contributed by atoms with van der Waals surface area (Å²) in [4.78, 5) is 24.4. The van der Waals surface area contributed by atoms with E-state index in [4.69, 9.17) is 4.52 Å². The summed E-state index contributed by atoms with van der Waals surface area (Å²) < 4.78 is 5.23. The number of thiazole rings is 1. The van der Waals surface area contributed by atoms with Crippen LogP contribution in [-0.2, 0) is 12.3 Å². The number of carbonyl (C=O) groups excluding carboxylic acids is 1. The first-order valence-corrected chi connectivity index (χ1v) is 12.3. The van der Waals surface area contributed by atoms with Gasteiger partial charge in [-0.05, 0) is 51.3 Å². The monoisotopic (exact) mass is 457 g/mol. The standard InChI is InChI=1S/C22H27N5O2S2/c1-14-6-5-9-27(10-14)11-17-12-31-22(24-17)25-20(28)18-7-4-8-23-21(18)30-13-19-15(2)26-29-16(19)3/h4,7-8,12,14H,5-6,9-11,13H2,1-3H3,(H,24,25,28). The minimum atomic E-state index is -0.193. The lowest BCUT2D eigenvalue weighted by Gasteiger charge is -2.30. The number of carbonyl (C=O) groups is 1. The maximum absolute atomic E-state index is 12.9. The molecule has 1 aliphatic heterocycles. The van der Waals surface area contributed by atoms with E-state index in [1.54, 1.807) is 18.3 Å². The van der Waals surface area contributed by atoms with Gasteiger partial charge >= 0.3 is 0 Å². The van der Waals surface area contributed by atoms with Crippen LogP contribution in [0.2, 0.25) is 0 Å². The number of pyridine rings is 1. The number of thioether (sulfide) groups is 1. The smallest absolute Gasteiger partial charge is 0.260 e. The Labute approximate surface area is 190 Å². The predicted molar refractivity (Wildman–Crippen MR) is 124 cm³/mol. The number of likely N-dealkylation sites (tertiary alicyclic amines) is 1. The van der Waals surface area contributed by atoms with Gasteiger partial charge in [-0.3, -0.25) is 15.0 Å². The van der Waals surface area contributed by atoms with Crippen molar-refractivity contribution in [3.05, 3.63) is 52.0 Å². The third kappa shape index (κ3) is 5.53. The molecule has 1 aliphatic rings. The first-order chi connectivity index (χ1) is 15.0. The van der Waals surface area contributed by atoms with Gasteiger partial charge in [0.15, 0.2) is 5.13 Å². The molecule has 3 aromatic heterocycles. The van der Waals surface area contributed by atoms with Gasteiger partial charge in [-0.1, -0.05) is 12.1 Å². The summed E-state index contributed by atoms with van der Waals surface area (Å²) in [6, 6.07) is 3.57. The Morgan fingerprint density at radius 3 is 3.06 bits per heavy atom. The summed E-state index contributed by atoms with van der Waals surface area (Å²) in [6.07, 6.45) is 4.24. The van der Waals surface area contributed by atoms with E-state index in [1.807, 2.05) is 19.2 Å². The molecular weight excluding hydrogens is 430 g/mol. The van der Waals surface area contributed by atoms with Gasteiger partial charge in [0.2, 0.25) is 0 Å². The summed E-state index contributed by atoms with van der Waals surface area (Å²) in [7, 11) is 0. The molecule has 0 spiro atoms. The molecule has 0 radical (unpaired) electrons. The zero-order chi connectivity index (χ0) is 21.8. The van der Waals surface area contributed by atoms with Crippen molar-refractivity contribution < 1.29 is 9.32 Å². The highest BCUT2D eigenvalue weighted by atomic mass is 32.2. The molecule has 1 fully saturated rings. The Morgan fingerprint density at radius 1 is 1.42 bits per heavy atom. The summed E-state index contributed by atoms with van der Waals surface area (Å²) >= 11 is 2.97. The molecule has 0 aromatic carbocycles. The lowest BCUT2D eigenvalue weighted by molar-refractivity contribution is 0.102. The maximum atomic E-state index is 12.9. The Bertz CT molecular complexity index is 1030. The second-order valence-electron chi connectivity index (χ2n) is 8.03. The van der Waals surface area contributed by atoms with E-state index in [-0.39, 0.29) is 5.91 Å². The molecule has 3 aromatic rings. The first kappa shape index (κ1) is 22.0. The van der Waals surface area contributed by atoms with Gasteiger partial charge in [-0.2, -0.15) is 0 Å². The molecular formula is C22H27N5O2S2. The quantitative estimate of drug-likeness (QED) is 0.504. The minimum absolute atomic E-state index is 0.193. The van der Waals surface area contributed by atoms with Gasteiger partial charge in [0.1, 0.15) is 10.8 Å². The maximum Gasteiger partial charge on any atom is 0.260 e. The molecule has 4 rings (SSSR count). The summed E-state index contributed by atoms with van der Waals surface area (Å²) in [6.45, 7) is 9.18. The highest BCUT2D eigenvalue weighted by molar-refractivity contribution is 7.98. The number of aromatic nitrogens is 3. The topological polar surface area (TPSA) is 84.1 Å². The molecule has 164 valence electrons. The van der Waals surface area contributed by atoms with Crippen LogP contribution in [0.1, 0.15) is 52.8 Å². The summed E-state index contributed by atoms with van der Waals surface area (Å²) in [5.74, 6) is 1.99. The Hall–Kier alpha value is -2.23. The van der Waals surface area contributed by atoms with E-state index in [2.05, 4.69) is 32.3 Å². The van der Waals surface area contributed by atoms with Crippen LogP contribution in [0.3, 0.4) is 0 Å². The average molecular weight is 458 g/mol. The zero-order valence-electron chi connectivity index (χ0n) is 18.1. The third-order valence-electron chi connectivity index (χ3n) is 5.45. The molecule has 4 heterocycles. The predicted octanol–water partition coefficient (Wildman–Crippen LogP) is 4.92. The third-order valence-corrected chi connectivity index (χ3v) is 7.29. The van der Waals surface area contributed by atoms with Gasteiger partial charge < -0.3 is 4.52 Å². The van der Waals surface area contributed by atoms with Crippen molar-refractivity contribution in [2.45, 2.75) is 50.9 Å². The Morgan fingerprint density at radius 2 is 2.29 bits per heavy atom. The van der Waals surface area contributed by atoms with E-state index < -0.39 is 0 Å². The molecule has 1 unspecified atom stereocenters. The van der Waals surface area contributed by atoms with Crippen LogP contribution in [0.5, 0.6) is 0 Å². The van der Waals surface area contributed by atoms with E-state index in [9.17, 15) is 4.79 Å². The number of nitrogens with zero attached hydrogens (tertiary/aromatic N) is 4. The number of anilines is 1. The van der Waals surface area contributed by atoms with Crippen LogP contribution in [0.25, 0.3) is 0 Å². The van der Waals surface area contributed by atoms with Gasteiger partial charge in [-0.15, -0.1) is 23.1 Å². The van der Waals surface area contributed by atoms with E-state index in [0.717, 1.165) is 48.3 Å². The molecule has 7 nitrogen and oxygen atoms in total. The molecule has 0 saturated carbocycles. The fourth-order valence-corrected chi connectivity index (χ4v) is 5.63. The fourth-order valence-electron chi connectivity index (χ4n) is 3.79. The van der Waals surface area contributed by atoms with E-state index in [0.29, 0.717) is 21.5 Å². The summed E-state index contributed by atoms with van der Waals surface area (Å²) in [5, 5.41) is 10.3. The Balaban J connectivity index is 1.39. The molecule has 9 heteroatoms. The number of rotatable bonds is 7. The van der Waals surface area contributed by atoms with Crippen LogP contribution in [-0.4, -0.2) is 39.0 Å². The molecule has 31 heavy (non-hydrogen) atoms. The van der Waals surface area contributed by atoms with Gasteiger partial charge in [0.25, 0.3) is 5.91 Å². The number of hydrogen-bond donors (Lipinski definition) is 1. The largest absolute Gasteiger partial charge is 0.361 e. The number of nitrogens with one attached hydrogen (secondary N) is 1. The van der Waals surface area contributed by atoms with Crippen molar-refractivity contribution in [2.24, 2.45) is 5.92 Å². The van der Waals surface area contributed by atoms with Crippen molar-refractivity contribution in [3.63, 3.8) is 0 Å². The second kappa shape index (κ2) is 9.93. The van der Waals surface area contributed by atoms with Gasteiger partial charge in [-0.25, -0.2) is 9.97 Å². The number of aryl methyl sites for hydroxylation is 2. The van der Waals surface area contributed by atoms with Gasteiger partial charge in [0.05, 0.1) is 17.0 Å². The lowest BCUT2D eigenvalue weighted by atomic mass is 10.0. The van der Waals surface area contributed by atoms with Crippen LogP contribution in [0.15, 0.2) is 33.3 Å². The van der Waals surface area contributed by atoms with Crippen molar-refractivity contribution in [1.82, 2.24) is 20.0 Å². The number of amides is 1. The van der Waals surface area contributed by atoms with E-state index in [1.165, 1.54) is 35.9 Å². The normalized spacial score (nSPS) is 17.1. The van der Waals surface area contributed by atoms with Gasteiger partial charge in [0, 0.05) is 36.0 Å². The molecule has 1 N–H and O–H groups in total. The number of piperidine rings is 1.